The van der Waals surface area contributed by atoms with Gasteiger partial charge in [-0.1, -0.05) is 23.7 Å². The van der Waals surface area contributed by atoms with Gasteiger partial charge in [-0.25, -0.2) is 9.69 Å². The minimum atomic E-state index is -0.920. The number of hydrogen-bond donors (Lipinski definition) is 0. The number of amides is 3. The van der Waals surface area contributed by atoms with Crippen LogP contribution >= 0.6 is 11.6 Å². The fourth-order valence-electron chi connectivity index (χ4n) is 4.28. The van der Waals surface area contributed by atoms with Crippen LogP contribution in [-0.2, 0) is 30.3 Å². The number of carbonyl (C=O) groups is 4. The summed E-state index contributed by atoms with van der Waals surface area (Å²) in [6, 6.07) is 12.0. The number of nitrogens with zero attached hydrogens (tertiary/aromatic N) is 2. The molecule has 9 heteroatoms. The first-order valence-electron chi connectivity index (χ1n) is 11.1. The third-order valence-electron chi connectivity index (χ3n) is 6.06. The molecule has 0 saturated carbocycles. The molecule has 0 radical (unpaired) electrons. The number of hydrogen-bond acceptors (Lipinski definition) is 6. The van der Waals surface area contributed by atoms with E-state index in [2.05, 4.69) is 4.74 Å². The molecule has 4 rings (SSSR count). The van der Waals surface area contributed by atoms with Gasteiger partial charge in [0.25, 0.3) is 5.91 Å². The summed E-state index contributed by atoms with van der Waals surface area (Å²) in [5, 5.41) is 0.567. The van der Waals surface area contributed by atoms with Crippen molar-refractivity contribution in [2.45, 2.75) is 37.8 Å². The van der Waals surface area contributed by atoms with Crippen molar-refractivity contribution in [2.24, 2.45) is 0 Å². The van der Waals surface area contributed by atoms with Crippen molar-refractivity contribution >= 4 is 41.0 Å². The van der Waals surface area contributed by atoms with Crippen molar-refractivity contribution in [3.05, 3.63) is 64.7 Å². The molecule has 2 aliphatic heterocycles. The molecule has 8 nitrogen and oxygen atoms in total. The van der Waals surface area contributed by atoms with Gasteiger partial charge in [-0.2, -0.15) is 0 Å². The predicted molar refractivity (Wildman–Crippen MR) is 125 cm³/mol. The second-order valence-corrected chi connectivity index (χ2v) is 8.75. The molecule has 0 N–H and O–H groups in total. The number of methoxy groups -OCH3 is 1. The van der Waals surface area contributed by atoms with Gasteiger partial charge >= 0.3 is 5.97 Å². The molecule has 2 aliphatic rings. The third-order valence-corrected chi connectivity index (χ3v) is 6.31. The lowest BCUT2D eigenvalue weighted by molar-refractivity contribution is -0.139. The molecule has 178 valence electrons. The number of anilines is 1. The molecular formula is C25H25ClN2O6. The SMILES string of the molecule is COC(=O)c1ccc(N2C(=O)CC(N(CC3CCCO3)C(=O)Cc3ccc(Cl)cc3)C2=O)cc1. The van der Waals surface area contributed by atoms with Crippen molar-refractivity contribution in [3.63, 3.8) is 0 Å². The third kappa shape index (κ3) is 5.13. The molecule has 34 heavy (non-hydrogen) atoms. The number of ether oxygens (including phenoxy) is 2. The summed E-state index contributed by atoms with van der Waals surface area (Å²) in [6.07, 6.45) is 1.47. The summed E-state index contributed by atoms with van der Waals surface area (Å²) >= 11 is 5.95. The fourth-order valence-corrected chi connectivity index (χ4v) is 4.41. The highest BCUT2D eigenvalue weighted by Crippen LogP contribution is 2.28. The first kappa shape index (κ1) is 23.9. The van der Waals surface area contributed by atoms with Gasteiger partial charge in [0.1, 0.15) is 6.04 Å². The Bertz CT molecular complexity index is 1080. The number of imide groups is 1. The molecule has 0 spiro atoms. The highest BCUT2D eigenvalue weighted by atomic mass is 35.5. The van der Waals surface area contributed by atoms with Crippen molar-refractivity contribution in [1.29, 1.82) is 0 Å². The van der Waals surface area contributed by atoms with Crippen LogP contribution in [0.3, 0.4) is 0 Å². The highest BCUT2D eigenvalue weighted by molar-refractivity contribution is 6.30. The van der Waals surface area contributed by atoms with E-state index in [-0.39, 0.29) is 31.4 Å². The van der Waals surface area contributed by atoms with Crippen LogP contribution in [0.15, 0.2) is 48.5 Å². The molecule has 0 bridgehead atoms. The minimum Gasteiger partial charge on any atom is -0.465 e. The van der Waals surface area contributed by atoms with E-state index < -0.39 is 23.8 Å². The first-order valence-corrected chi connectivity index (χ1v) is 11.5. The lowest BCUT2D eigenvalue weighted by Crippen LogP contribution is -2.49. The quantitative estimate of drug-likeness (QED) is 0.443. The molecule has 2 aromatic rings. The van der Waals surface area contributed by atoms with E-state index in [9.17, 15) is 19.2 Å². The number of rotatable bonds is 7. The van der Waals surface area contributed by atoms with Gasteiger partial charge in [0.2, 0.25) is 11.8 Å². The van der Waals surface area contributed by atoms with Crippen LogP contribution in [0.25, 0.3) is 0 Å². The highest BCUT2D eigenvalue weighted by Gasteiger charge is 2.45. The van der Waals surface area contributed by atoms with Crippen LogP contribution in [-0.4, -0.2) is 61.0 Å². The summed E-state index contributed by atoms with van der Waals surface area (Å²) in [4.78, 5) is 53.8. The van der Waals surface area contributed by atoms with E-state index in [4.69, 9.17) is 16.3 Å². The summed E-state index contributed by atoms with van der Waals surface area (Å²) in [6.45, 7) is 0.853. The first-order chi connectivity index (χ1) is 16.4. The van der Waals surface area contributed by atoms with Gasteiger partial charge in [0, 0.05) is 18.2 Å². The van der Waals surface area contributed by atoms with Gasteiger partial charge in [0.15, 0.2) is 0 Å². The summed E-state index contributed by atoms with van der Waals surface area (Å²) in [5.74, 6) is -1.65. The Hall–Kier alpha value is -3.23. The molecule has 0 aliphatic carbocycles. The van der Waals surface area contributed by atoms with Crippen LogP contribution in [0, 0.1) is 0 Å². The zero-order valence-electron chi connectivity index (χ0n) is 18.7. The zero-order chi connectivity index (χ0) is 24.2. The number of esters is 1. The maximum absolute atomic E-state index is 13.4. The van der Waals surface area contributed by atoms with Gasteiger partial charge in [-0.15, -0.1) is 0 Å². The van der Waals surface area contributed by atoms with Crippen molar-refractivity contribution in [2.75, 3.05) is 25.2 Å². The van der Waals surface area contributed by atoms with Crippen LogP contribution in [0.5, 0.6) is 0 Å². The lowest BCUT2D eigenvalue weighted by Gasteiger charge is -2.30. The number of benzene rings is 2. The molecule has 0 aromatic heterocycles. The fraction of sp³-hybridized carbons (Fsp3) is 0.360. The van der Waals surface area contributed by atoms with E-state index in [1.807, 2.05) is 0 Å². The molecular weight excluding hydrogens is 460 g/mol. The predicted octanol–water partition coefficient (Wildman–Crippen LogP) is 3.01. The molecule has 3 amide bonds. The molecule has 2 aromatic carbocycles. The van der Waals surface area contributed by atoms with Crippen LogP contribution in [0.2, 0.25) is 5.02 Å². The van der Waals surface area contributed by atoms with Gasteiger partial charge in [-0.3, -0.25) is 14.4 Å². The minimum absolute atomic E-state index is 0.0791. The van der Waals surface area contributed by atoms with Gasteiger partial charge in [-0.05, 0) is 54.8 Å². The van der Waals surface area contributed by atoms with Crippen molar-refractivity contribution in [1.82, 2.24) is 4.90 Å². The summed E-state index contributed by atoms with van der Waals surface area (Å²) in [5.41, 5.74) is 1.41. The molecule has 2 atom stereocenters. The Morgan fingerprint density at radius 2 is 1.82 bits per heavy atom. The van der Waals surface area contributed by atoms with Gasteiger partial charge in [0.05, 0.1) is 37.3 Å². The molecule has 2 saturated heterocycles. The largest absolute Gasteiger partial charge is 0.465 e. The monoisotopic (exact) mass is 484 g/mol. The topological polar surface area (TPSA) is 93.2 Å². The Balaban J connectivity index is 1.56. The summed E-state index contributed by atoms with van der Waals surface area (Å²) in [7, 11) is 1.28. The molecule has 2 fully saturated rings. The summed E-state index contributed by atoms with van der Waals surface area (Å²) < 4.78 is 10.4. The average Bonchev–Trinajstić information content (AvgIpc) is 3.45. The van der Waals surface area contributed by atoms with E-state index in [1.165, 1.54) is 36.3 Å². The van der Waals surface area contributed by atoms with Crippen LogP contribution < -0.4 is 4.90 Å². The Morgan fingerprint density at radius 3 is 2.44 bits per heavy atom. The van der Waals surface area contributed by atoms with E-state index in [1.54, 1.807) is 24.3 Å². The normalized spacial score (nSPS) is 20.0. The Kier molecular flexibility index (Phi) is 7.29. The Morgan fingerprint density at radius 1 is 1.12 bits per heavy atom. The van der Waals surface area contributed by atoms with Crippen molar-refractivity contribution in [3.8, 4) is 0 Å². The van der Waals surface area contributed by atoms with E-state index >= 15 is 0 Å². The van der Waals surface area contributed by atoms with Crippen LogP contribution in [0.4, 0.5) is 5.69 Å². The second-order valence-electron chi connectivity index (χ2n) is 8.31. The van der Waals surface area contributed by atoms with E-state index in [0.29, 0.717) is 22.9 Å². The maximum atomic E-state index is 13.4. The number of carbonyl (C=O) groups excluding carboxylic acids is 4. The Labute approximate surface area is 202 Å². The zero-order valence-corrected chi connectivity index (χ0v) is 19.5. The van der Waals surface area contributed by atoms with E-state index in [0.717, 1.165) is 23.3 Å². The molecule has 2 unspecified atom stereocenters. The average molecular weight is 485 g/mol. The smallest absolute Gasteiger partial charge is 0.337 e. The van der Waals surface area contributed by atoms with Crippen molar-refractivity contribution < 1.29 is 28.7 Å². The molecule has 2 heterocycles. The lowest BCUT2D eigenvalue weighted by atomic mass is 10.1. The number of halogens is 1. The standard InChI is InChI=1S/C25H25ClN2O6/c1-33-25(32)17-6-10-19(11-7-17)28-23(30)14-21(24(28)31)27(15-20-3-2-12-34-20)22(29)13-16-4-8-18(26)9-5-16/h4-11,20-21H,2-3,12-15H2,1H3. The second kappa shape index (κ2) is 10.4. The maximum Gasteiger partial charge on any atom is 0.337 e. The van der Waals surface area contributed by atoms with Crippen LogP contribution in [0.1, 0.15) is 35.2 Å². The van der Waals surface area contributed by atoms with Gasteiger partial charge < -0.3 is 14.4 Å².